The molecule has 0 radical (unpaired) electrons. The third kappa shape index (κ3) is 1.94. The molecule has 18 heavy (non-hydrogen) atoms. The van der Waals surface area contributed by atoms with Crippen molar-refractivity contribution in [1.82, 2.24) is 20.2 Å². The third-order valence-corrected chi connectivity index (χ3v) is 2.71. The zero-order valence-corrected chi connectivity index (χ0v) is 10.3. The zero-order chi connectivity index (χ0) is 11.7. The predicted octanol–water partition coefficient (Wildman–Crippen LogP) is 1.70. The Labute approximate surface area is 110 Å². The number of tetrazole rings is 1. The lowest BCUT2D eigenvalue weighted by Crippen LogP contribution is -2.08. The number of aromatic nitrogens is 4. The molecule has 6 heteroatoms. The SMILES string of the molecule is Cl.NCc1nnnn1-c1cccc2ccccc12. The average Bonchev–Trinajstić information content (AvgIpc) is 2.86. The van der Waals surface area contributed by atoms with Gasteiger partial charge in [-0.1, -0.05) is 36.4 Å². The van der Waals surface area contributed by atoms with Crippen LogP contribution in [0, 0.1) is 0 Å². The largest absolute Gasteiger partial charge is 0.324 e. The highest BCUT2D eigenvalue weighted by atomic mass is 35.5. The Morgan fingerprint density at radius 3 is 2.67 bits per heavy atom. The normalized spacial score (nSPS) is 10.3. The number of rotatable bonds is 2. The fourth-order valence-corrected chi connectivity index (χ4v) is 1.91. The van der Waals surface area contributed by atoms with Crippen molar-refractivity contribution < 1.29 is 0 Å². The summed E-state index contributed by atoms with van der Waals surface area (Å²) in [5.41, 5.74) is 6.57. The fraction of sp³-hybridized carbons (Fsp3) is 0.0833. The molecular formula is C12H12ClN5. The van der Waals surface area contributed by atoms with E-state index < -0.39 is 0 Å². The second kappa shape index (κ2) is 5.12. The molecule has 0 unspecified atom stereocenters. The maximum Gasteiger partial charge on any atom is 0.170 e. The predicted molar refractivity (Wildman–Crippen MR) is 71.8 cm³/mol. The van der Waals surface area contributed by atoms with E-state index in [-0.39, 0.29) is 12.4 Å². The lowest BCUT2D eigenvalue weighted by Gasteiger charge is -2.06. The average molecular weight is 262 g/mol. The minimum absolute atomic E-state index is 0. The number of halogens is 1. The van der Waals surface area contributed by atoms with Crippen molar-refractivity contribution in [3.63, 3.8) is 0 Å². The Kier molecular flexibility index (Phi) is 3.55. The van der Waals surface area contributed by atoms with E-state index >= 15 is 0 Å². The summed E-state index contributed by atoms with van der Waals surface area (Å²) in [7, 11) is 0. The molecule has 0 aliphatic carbocycles. The Morgan fingerprint density at radius 2 is 1.83 bits per heavy atom. The van der Waals surface area contributed by atoms with Gasteiger partial charge in [-0.15, -0.1) is 17.5 Å². The number of hydrogen-bond acceptors (Lipinski definition) is 4. The highest BCUT2D eigenvalue weighted by molar-refractivity contribution is 5.90. The van der Waals surface area contributed by atoms with Crippen LogP contribution in [0.1, 0.15) is 5.82 Å². The van der Waals surface area contributed by atoms with E-state index in [9.17, 15) is 0 Å². The van der Waals surface area contributed by atoms with E-state index in [2.05, 4.69) is 27.7 Å². The van der Waals surface area contributed by atoms with Gasteiger partial charge in [-0.25, -0.2) is 0 Å². The molecule has 0 aliphatic rings. The summed E-state index contributed by atoms with van der Waals surface area (Å²) in [5, 5.41) is 13.8. The van der Waals surface area contributed by atoms with Crippen LogP contribution in [0.4, 0.5) is 0 Å². The fourth-order valence-electron chi connectivity index (χ4n) is 1.91. The van der Waals surface area contributed by atoms with Gasteiger partial charge < -0.3 is 5.73 Å². The van der Waals surface area contributed by atoms with Gasteiger partial charge in [-0.05, 0) is 21.9 Å². The molecule has 0 spiro atoms. The number of nitrogens with zero attached hydrogens (tertiary/aromatic N) is 4. The maximum absolute atomic E-state index is 5.61. The molecule has 0 fully saturated rings. The molecule has 3 rings (SSSR count). The molecule has 5 nitrogen and oxygen atoms in total. The van der Waals surface area contributed by atoms with Crippen LogP contribution in [-0.4, -0.2) is 20.2 Å². The molecule has 0 saturated heterocycles. The van der Waals surface area contributed by atoms with Crippen molar-refractivity contribution in [3.05, 3.63) is 48.3 Å². The first-order valence-corrected chi connectivity index (χ1v) is 5.35. The lowest BCUT2D eigenvalue weighted by molar-refractivity contribution is 0.766. The Balaban J connectivity index is 0.00000120. The molecule has 92 valence electrons. The molecule has 0 amide bonds. The van der Waals surface area contributed by atoms with Crippen LogP contribution in [0.15, 0.2) is 42.5 Å². The highest BCUT2D eigenvalue weighted by Crippen LogP contribution is 2.21. The van der Waals surface area contributed by atoms with Crippen LogP contribution in [0.25, 0.3) is 16.5 Å². The molecular weight excluding hydrogens is 250 g/mol. The van der Waals surface area contributed by atoms with Gasteiger partial charge in [-0.2, -0.15) is 4.68 Å². The second-order valence-corrected chi connectivity index (χ2v) is 3.71. The van der Waals surface area contributed by atoms with Gasteiger partial charge in [0.1, 0.15) is 0 Å². The third-order valence-electron chi connectivity index (χ3n) is 2.71. The van der Waals surface area contributed by atoms with Crippen LogP contribution >= 0.6 is 12.4 Å². The smallest absolute Gasteiger partial charge is 0.170 e. The molecule has 0 bridgehead atoms. The quantitative estimate of drug-likeness (QED) is 0.762. The first-order chi connectivity index (χ1) is 8.40. The Morgan fingerprint density at radius 1 is 1.06 bits per heavy atom. The summed E-state index contributed by atoms with van der Waals surface area (Å²) in [6, 6.07) is 14.1. The molecule has 2 aromatic carbocycles. The molecule has 2 N–H and O–H groups in total. The molecule has 1 heterocycles. The second-order valence-electron chi connectivity index (χ2n) is 3.71. The van der Waals surface area contributed by atoms with Crippen LogP contribution in [0.2, 0.25) is 0 Å². The molecule has 0 atom stereocenters. The van der Waals surface area contributed by atoms with Crippen LogP contribution in [0.3, 0.4) is 0 Å². The van der Waals surface area contributed by atoms with Gasteiger partial charge in [0.2, 0.25) is 0 Å². The van der Waals surface area contributed by atoms with Crippen LogP contribution in [0.5, 0.6) is 0 Å². The van der Waals surface area contributed by atoms with Crippen molar-refractivity contribution in [2.75, 3.05) is 0 Å². The standard InChI is InChI=1S/C12H11N5.ClH/c13-8-12-14-15-16-17(12)11-7-3-5-9-4-1-2-6-10(9)11;/h1-7H,8,13H2;1H. The van der Waals surface area contributed by atoms with E-state index in [0.29, 0.717) is 12.4 Å². The van der Waals surface area contributed by atoms with Crippen LogP contribution < -0.4 is 5.73 Å². The topological polar surface area (TPSA) is 69.6 Å². The van der Waals surface area contributed by atoms with Crippen molar-refractivity contribution >= 4 is 23.2 Å². The Hall–Kier alpha value is -1.98. The minimum Gasteiger partial charge on any atom is -0.324 e. The minimum atomic E-state index is 0. The number of nitrogens with two attached hydrogens (primary N) is 1. The van der Waals surface area contributed by atoms with Crippen molar-refractivity contribution in [2.45, 2.75) is 6.54 Å². The monoisotopic (exact) mass is 261 g/mol. The van der Waals surface area contributed by atoms with E-state index in [4.69, 9.17) is 5.73 Å². The molecule has 3 aromatic rings. The summed E-state index contributed by atoms with van der Waals surface area (Å²) in [6.07, 6.45) is 0. The van der Waals surface area contributed by atoms with Gasteiger partial charge in [0, 0.05) is 5.39 Å². The van der Waals surface area contributed by atoms with Gasteiger partial charge in [-0.3, -0.25) is 0 Å². The summed E-state index contributed by atoms with van der Waals surface area (Å²) < 4.78 is 1.68. The van der Waals surface area contributed by atoms with Crippen molar-refractivity contribution in [3.8, 4) is 5.69 Å². The molecule has 0 aliphatic heterocycles. The summed E-state index contributed by atoms with van der Waals surface area (Å²) in [5.74, 6) is 0.654. The maximum atomic E-state index is 5.61. The van der Waals surface area contributed by atoms with E-state index in [1.54, 1.807) is 4.68 Å². The number of fused-ring (bicyclic) bond motifs is 1. The zero-order valence-electron chi connectivity index (χ0n) is 9.52. The lowest BCUT2D eigenvalue weighted by atomic mass is 10.1. The first-order valence-electron chi connectivity index (χ1n) is 5.35. The number of hydrogen-bond donors (Lipinski definition) is 1. The molecule has 0 saturated carbocycles. The summed E-state index contributed by atoms with van der Waals surface area (Å²) in [6.45, 7) is 0.316. The van der Waals surface area contributed by atoms with Gasteiger partial charge in [0.25, 0.3) is 0 Å². The summed E-state index contributed by atoms with van der Waals surface area (Å²) >= 11 is 0. The highest BCUT2D eigenvalue weighted by Gasteiger charge is 2.08. The van der Waals surface area contributed by atoms with Crippen molar-refractivity contribution in [2.24, 2.45) is 5.73 Å². The molecule has 1 aromatic heterocycles. The van der Waals surface area contributed by atoms with E-state index in [1.807, 2.05) is 30.3 Å². The number of benzene rings is 2. The van der Waals surface area contributed by atoms with E-state index in [0.717, 1.165) is 16.5 Å². The van der Waals surface area contributed by atoms with E-state index in [1.165, 1.54) is 0 Å². The summed E-state index contributed by atoms with van der Waals surface area (Å²) in [4.78, 5) is 0. The van der Waals surface area contributed by atoms with Crippen LogP contribution in [-0.2, 0) is 6.54 Å². The van der Waals surface area contributed by atoms with Gasteiger partial charge >= 0.3 is 0 Å². The van der Waals surface area contributed by atoms with Crippen molar-refractivity contribution in [1.29, 1.82) is 0 Å². The van der Waals surface area contributed by atoms with Gasteiger partial charge in [0.05, 0.1) is 12.2 Å². The Bertz CT molecular complexity index is 659. The van der Waals surface area contributed by atoms with Gasteiger partial charge in [0.15, 0.2) is 5.82 Å². The first kappa shape index (κ1) is 12.5.